The molecule has 0 saturated heterocycles. The summed E-state index contributed by atoms with van der Waals surface area (Å²) in [5, 5.41) is 16.9. The Hall–Kier alpha value is -3.64. The van der Waals surface area contributed by atoms with Crippen molar-refractivity contribution >= 4 is 62.5 Å². The maximum atomic E-state index is 13.6. The zero-order valence-electron chi connectivity index (χ0n) is 20.5. The van der Waals surface area contributed by atoms with E-state index >= 15 is 0 Å². The SMILES string of the molecule is Cc1ccccc1NC(=O)c1c(C)nc(SCC(=O)Nc2ccc(Br)cc2)c(C#N)c1-c1ccc(Cl)cc1. The van der Waals surface area contributed by atoms with Crippen molar-refractivity contribution in [3.63, 3.8) is 0 Å². The second kappa shape index (κ2) is 12.3. The van der Waals surface area contributed by atoms with Gasteiger partial charge < -0.3 is 10.6 Å². The molecule has 1 aromatic heterocycles. The van der Waals surface area contributed by atoms with E-state index in [0.29, 0.717) is 38.2 Å². The summed E-state index contributed by atoms with van der Waals surface area (Å²) < 4.78 is 0.907. The molecule has 0 aliphatic rings. The number of hydrogen-bond acceptors (Lipinski definition) is 5. The van der Waals surface area contributed by atoms with Crippen molar-refractivity contribution in [1.29, 1.82) is 5.26 Å². The summed E-state index contributed by atoms with van der Waals surface area (Å²) in [5.74, 6) is -0.586. The molecule has 1 heterocycles. The van der Waals surface area contributed by atoms with Crippen molar-refractivity contribution in [2.45, 2.75) is 18.9 Å². The van der Waals surface area contributed by atoms with Crippen LogP contribution < -0.4 is 10.6 Å². The first kappa shape index (κ1) is 27.4. The van der Waals surface area contributed by atoms with Crippen LogP contribution in [-0.2, 0) is 4.79 Å². The zero-order valence-corrected chi connectivity index (χ0v) is 23.7. The molecule has 0 bridgehead atoms. The van der Waals surface area contributed by atoms with Crippen LogP contribution in [-0.4, -0.2) is 22.6 Å². The molecule has 4 rings (SSSR count). The number of rotatable bonds is 7. The Kier molecular flexibility index (Phi) is 8.85. The number of aryl methyl sites for hydroxylation is 2. The Balaban J connectivity index is 1.71. The van der Waals surface area contributed by atoms with E-state index in [-0.39, 0.29) is 28.7 Å². The molecule has 3 aromatic carbocycles. The molecule has 190 valence electrons. The first-order chi connectivity index (χ1) is 18.3. The third-order valence-corrected chi connectivity index (χ3v) is 7.43. The fourth-order valence-corrected chi connectivity index (χ4v) is 5.05. The summed E-state index contributed by atoms with van der Waals surface area (Å²) in [7, 11) is 0. The van der Waals surface area contributed by atoms with E-state index in [2.05, 4.69) is 37.6 Å². The van der Waals surface area contributed by atoms with Crippen molar-refractivity contribution in [3.8, 4) is 17.2 Å². The van der Waals surface area contributed by atoms with Gasteiger partial charge in [0, 0.05) is 26.4 Å². The van der Waals surface area contributed by atoms with Crippen LogP contribution in [0.2, 0.25) is 5.02 Å². The lowest BCUT2D eigenvalue weighted by Crippen LogP contribution is -2.18. The first-order valence-electron chi connectivity index (χ1n) is 11.5. The molecule has 4 aromatic rings. The van der Waals surface area contributed by atoms with E-state index in [4.69, 9.17) is 11.6 Å². The highest BCUT2D eigenvalue weighted by atomic mass is 79.9. The van der Waals surface area contributed by atoms with Gasteiger partial charge in [0.15, 0.2) is 0 Å². The van der Waals surface area contributed by atoms with Gasteiger partial charge in [-0.15, -0.1) is 0 Å². The lowest BCUT2D eigenvalue weighted by atomic mass is 9.94. The Morgan fingerprint density at radius 1 is 1.00 bits per heavy atom. The van der Waals surface area contributed by atoms with Crippen LogP contribution in [0.3, 0.4) is 0 Å². The van der Waals surface area contributed by atoms with Crippen molar-refractivity contribution in [3.05, 3.63) is 105 Å². The maximum Gasteiger partial charge on any atom is 0.258 e. The van der Waals surface area contributed by atoms with Crippen LogP contribution in [0.5, 0.6) is 0 Å². The van der Waals surface area contributed by atoms with Crippen LogP contribution in [0.15, 0.2) is 82.3 Å². The van der Waals surface area contributed by atoms with Crippen LogP contribution >= 0.6 is 39.3 Å². The fraction of sp³-hybridized carbons (Fsp3) is 0.103. The molecule has 0 unspecified atom stereocenters. The summed E-state index contributed by atoms with van der Waals surface area (Å²) in [4.78, 5) is 30.8. The molecule has 38 heavy (non-hydrogen) atoms. The molecular formula is C29H22BrClN4O2S. The topological polar surface area (TPSA) is 94.9 Å². The van der Waals surface area contributed by atoms with Gasteiger partial charge in [-0.05, 0) is 67.4 Å². The van der Waals surface area contributed by atoms with Gasteiger partial charge in [-0.1, -0.05) is 69.6 Å². The zero-order chi connectivity index (χ0) is 27.2. The summed E-state index contributed by atoms with van der Waals surface area (Å²) >= 11 is 10.6. The molecule has 6 nitrogen and oxygen atoms in total. The van der Waals surface area contributed by atoms with Gasteiger partial charge >= 0.3 is 0 Å². The smallest absolute Gasteiger partial charge is 0.258 e. The van der Waals surface area contributed by atoms with E-state index < -0.39 is 0 Å². The van der Waals surface area contributed by atoms with Crippen LogP contribution in [0.25, 0.3) is 11.1 Å². The van der Waals surface area contributed by atoms with Gasteiger partial charge in [-0.25, -0.2) is 4.98 Å². The standard InChI is InChI=1S/C29H22BrClN4O2S/c1-17-5-3-4-6-24(17)35-28(37)26-18(2)33-29(23(15-32)27(26)19-7-11-21(31)12-8-19)38-16-25(36)34-22-13-9-20(30)10-14-22/h3-14H,16H2,1-2H3,(H,34,36)(H,35,37). The Morgan fingerprint density at radius 3 is 2.34 bits per heavy atom. The highest BCUT2D eigenvalue weighted by molar-refractivity contribution is 9.10. The van der Waals surface area contributed by atoms with Crippen molar-refractivity contribution in [2.75, 3.05) is 16.4 Å². The van der Waals surface area contributed by atoms with Crippen LogP contribution in [0, 0.1) is 25.2 Å². The molecule has 2 amide bonds. The minimum Gasteiger partial charge on any atom is -0.325 e. The predicted molar refractivity (Wildman–Crippen MR) is 157 cm³/mol. The second-order valence-electron chi connectivity index (χ2n) is 8.36. The predicted octanol–water partition coefficient (Wildman–Crippen LogP) is 7.64. The monoisotopic (exact) mass is 604 g/mol. The molecule has 0 spiro atoms. The average molecular weight is 606 g/mol. The van der Waals surface area contributed by atoms with E-state index in [9.17, 15) is 14.9 Å². The average Bonchev–Trinajstić information content (AvgIpc) is 2.90. The number of amides is 2. The number of anilines is 2. The second-order valence-corrected chi connectivity index (χ2v) is 10.7. The largest absolute Gasteiger partial charge is 0.325 e. The van der Waals surface area contributed by atoms with Crippen molar-refractivity contribution in [2.24, 2.45) is 0 Å². The summed E-state index contributed by atoms with van der Waals surface area (Å²) in [6.07, 6.45) is 0. The molecular weight excluding hydrogens is 584 g/mol. The van der Waals surface area contributed by atoms with Crippen LogP contribution in [0.1, 0.15) is 27.2 Å². The van der Waals surface area contributed by atoms with E-state index in [1.54, 1.807) is 43.3 Å². The van der Waals surface area contributed by atoms with E-state index in [0.717, 1.165) is 21.8 Å². The summed E-state index contributed by atoms with van der Waals surface area (Å²) in [5.41, 5.74) is 4.27. The summed E-state index contributed by atoms with van der Waals surface area (Å²) in [6, 6.07) is 23.8. The highest BCUT2D eigenvalue weighted by Gasteiger charge is 2.25. The number of nitrogens with zero attached hydrogens (tertiary/aromatic N) is 2. The lowest BCUT2D eigenvalue weighted by Gasteiger charge is -2.17. The number of carbonyl (C=O) groups excluding carboxylic acids is 2. The fourth-order valence-electron chi connectivity index (χ4n) is 3.83. The normalized spacial score (nSPS) is 10.5. The summed E-state index contributed by atoms with van der Waals surface area (Å²) in [6.45, 7) is 3.62. The number of thioether (sulfide) groups is 1. The molecule has 9 heteroatoms. The van der Waals surface area contributed by atoms with Gasteiger partial charge in [0.05, 0.1) is 22.6 Å². The number of aromatic nitrogens is 1. The molecule has 0 aliphatic carbocycles. The third kappa shape index (κ3) is 6.43. The van der Waals surface area contributed by atoms with Gasteiger partial charge in [0.1, 0.15) is 11.1 Å². The minimum absolute atomic E-state index is 0.0337. The van der Waals surface area contributed by atoms with Crippen molar-refractivity contribution in [1.82, 2.24) is 4.98 Å². The van der Waals surface area contributed by atoms with Gasteiger partial charge in [0.2, 0.25) is 5.91 Å². The Labute approximate surface area is 238 Å². The number of para-hydroxylation sites is 1. The third-order valence-electron chi connectivity index (χ3n) is 5.68. The minimum atomic E-state index is -0.379. The molecule has 0 aliphatic heterocycles. The van der Waals surface area contributed by atoms with Crippen LogP contribution in [0.4, 0.5) is 11.4 Å². The number of nitrogens with one attached hydrogen (secondary N) is 2. The quantitative estimate of drug-likeness (QED) is 0.211. The van der Waals surface area contributed by atoms with Gasteiger partial charge in [-0.2, -0.15) is 5.26 Å². The molecule has 0 radical (unpaired) electrons. The highest BCUT2D eigenvalue weighted by Crippen LogP contribution is 2.36. The number of halogens is 2. The number of pyridine rings is 1. The Morgan fingerprint density at radius 2 is 1.68 bits per heavy atom. The number of nitriles is 1. The maximum absolute atomic E-state index is 13.6. The Bertz CT molecular complexity index is 1550. The van der Waals surface area contributed by atoms with Gasteiger partial charge in [0.25, 0.3) is 5.91 Å². The molecule has 0 fully saturated rings. The lowest BCUT2D eigenvalue weighted by molar-refractivity contribution is -0.113. The first-order valence-corrected chi connectivity index (χ1v) is 13.7. The number of hydrogen-bond donors (Lipinski definition) is 2. The number of carbonyl (C=O) groups is 2. The molecule has 0 atom stereocenters. The van der Waals surface area contributed by atoms with E-state index in [1.165, 1.54) is 0 Å². The van der Waals surface area contributed by atoms with E-state index in [1.807, 2.05) is 43.3 Å². The van der Waals surface area contributed by atoms with Crippen molar-refractivity contribution < 1.29 is 9.59 Å². The van der Waals surface area contributed by atoms with Gasteiger partial charge in [-0.3, -0.25) is 9.59 Å². The number of benzene rings is 3. The molecule has 0 saturated carbocycles. The molecule has 2 N–H and O–H groups in total.